The number of hydrogen-bond acceptors (Lipinski definition) is 4. The molecule has 0 aliphatic carbocycles. The van der Waals surface area contributed by atoms with Gasteiger partial charge in [0.25, 0.3) is 0 Å². The molecule has 0 amide bonds. The summed E-state index contributed by atoms with van der Waals surface area (Å²) >= 11 is 1.71. The van der Waals surface area contributed by atoms with E-state index in [-0.39, 0.29) is 0 Å². The number of hydrogen-bond donors (Lipinski definition) is 1. The van der Waals surface area contributed by atoms with E-state index in [0.717, 1.165) is 30.8 Å². The number of nitrogens with one attached hydrogen (secondary N) is 1. The maximum Gasteiger partial charge on any atom is 0.227 e. The Morgan fingerprint density at radius 3 is 2.94 bits per heavy atom. The molecule has 1 aromatic heterocycles. The van der Waals surface area contributed by atoms with Crippen molar-refractivity contribution in [1.82, 2.24) is 10.3 Å². The first-order valence-corrected chi connectivity index (χ1v) is 7.36. The predicted molar refractivity (Wildman–Crippen MR) is 75.7 cm³/mol. The van der Waals surface area contributed by atoms with Crippen LogP contribution in [0.15, 0.2) is 39.8 Å². The van der Waals surface area contributed by atoms with E-state index in [1.54, 1.807) is 18.0 Å². The topological polar surface area (TPSA) is 38.1 Å². The Hall–Kier alpha value is -1.26. The van der Waals surface area contributed by atoms with Gasteiger partial charge in [-0.05, 0) is 31.4 Å². The van der Waals surface area contributed by atoms with Gasteiger partial charge < -0.3 is 9.73 Å². The zero-order valence-electron chi connectivity index (χ0n) is 10.8. The lowest BCUT2D eigenvalue weighted by Crippen LogP contribution is -2.13. The Kier molecular flexibility index (Phi) is 4.84. The summed E-state index contributed by atoms with van der Waals surface area (Å²) in [5.41, 5.74) is 2.01. The Bertz CT molecular complexity index is 496. The van der Waals surface area contributed by atoms with Gasteiger partial charge in [-0.1, -0.05) is 19.1 Å². The van der Waals surface area contributed by atoms with Crippen LogP contribution in [0, 0.1) is 0 Å². The second kappa shape index (κ2) is 6.61. The van der Waals surface area contributed by atoms with Crippen LogP contribution in [0.1, 0.15) is 19.0 Å². The molecule has 0 fully saturated rings. The van der Waals surface area contributed by atoms with Crippen LogP contribution >= 0.6 is 11.8 Å². The summed E-state index contributed by atoms with van der Waals surface area (Å²) in [5, 5.41) is 3.32. The Balaban J connectivity index is 2.13. The van der Waals surface area contributed by atoms with Gasteiger partial charge in [0.1, 0.15) is 6.26 Å². The molecule has 0 atom stereocenters. The van der Waals surface area contributed by atoms with Gasteiger partial charge in [0.2, 0.25) is 5.89 Å². The van der Waals surface area contributed by atoms with E-state index in [1.165, 1.54) is 4.90 Å². The van der Waals surface area contributed by atoms with Crippen molar-refractivity contribution in [2.75, 3.05) is 12.8 Å². The number of oxazole rings is 1. The monoisotopic (exact) mass is 262 g/mol. The molecule has 4 heteroatoms. The molecule has 3 nitrogen and oxygen atoms in total. The van der Waals surface area contributed by atoms with Crippen LogP contribution in [-0.2, 0) is 6.54 Å². The normalized spacial score (nSPS) is 10.8. The minimum atomic E-state index is 0.702. The van der Waals surface area contributed by atoms with E-state index in [2.05, 4.69) is 29.5 Å². The van der Waals surface area contributed by atoms with E-state index >= 15 is 0 Å². The first-order chi connectivity index (χ1) is 8.85. The van der Waals surface area contributed by atoms with Crippen LogP contribution in [0.25, 0.3) is 11.5 Å². The molecule has 1 N–H and O–H groups in total. The summed E-state index contributed by atoms with van der Waals surface area (Å²) in [6, 6.07) is 8.16. The van der Waals surface area contributed by atoms with Crippen molar-refractivity contribution in [3.05, 3.63) is 36.2 Å². The van der Waals surface area contributed by atoms with Gasteiger partial charge in [0, 0.05) is 11.4 Å². The molecule has 1 heterocycles. The smallest absolute Gasteiger partial charge is 0.227 e. The van der Waals surface area contributed by atoms with Crippen molar-refractivity contribution in [2.24, 2.45) is 0 Å². The minimum Gasteiger partial charge on any atom is -0.444 e. The van der Waals surface area contributed by atoms with Crippen molar-refractivity contribution in [3.8, 4) is 11.5 Å². The highest BCUT2D eigenvalue weighted by atomic mass is 32.2. The SMILES string of the molecule is CCCNCc1coc(-c2ccccc2SC)n1. The lowest BCUT2D eigenvalue weighted by Gasteiger charge is -2.02. The Morgan fingerprint density at radius 2 is 2.17 bits per heavy atom. The third-order valence-corrected chi connectivity index (χ3v) is 3.42. The van der Waals surface area contributed by atoms with Crippen molar-refractivity contribution in [1.29, 1.82) is 0 Å². The summed E-state index contributed by atoms with van der Waals surface area (Å²) in [7, 11) is 0. The quantitative estimate of drug-likeness (QED) is 0.638. The summed E-state index contributed by atoms with van der Waals surface area (Å²) in [6.07, 6.45) is 4.92. The molecule has 18 heavy (non-hydrogen) atoms. The second-order valence-corrected chi connectivity index (χ2v) is 4.87. The molecule has 0 aliphatic heterocycles. The molecule has 1 aromatic carbocycles. The fraction of sp³-hybridized carbons (Fsp3) is 0.357. The highest BCUT2D eigenvalue weighted by Crippen LogP contribution is 2.29. The van der Waals surface area contributed by atoms with Crippen LogP contribution in [0.2, 0.25) is 0 Å². The maximum atomic E-state index is 5.56. The van der Waals surface area contributed by atoms with Crippen molar-refractivity contribution >= 4 is 11.8 Å². The van der Waals surface area contributed by atoms with Crippen molar-refractivity contribution in [2.45, 2.75) is 24.8 Å². The van der Waals surface area contributed by atoms with E-state index in [1.807, 2.05) is 18.2 Å². The van der Waals surface area contributed by atoms with Crippen LogP contribution in [0.3, 0.4) is 0 Å². The van der Waals surface area contributed by atoms with E-state index in [9.17, 15) is 0 Å². The fourth-order valence-corrected chi connectivity index (χ4v) is 2.32. The summed E-state index contributed by atoms with van der Waals surface area (Å²) < 4.78 is 5.56. The molecule has 0 aliphatic rings. The lowest BCUT2D eigenvalue weighted by molar-refractivity contribution is 0.568. The van der Waals surface area contributed by atoms with Crippen LogP contribution in [0.5, 0.6) is 0 Å². The molecule has 96 valence electrons. The second-order valence-electron chi connectivity index (χ2n) is 4.02. The van der Waals surface area contributed by atoms with Gasteiger partial charge in [0.05, 0.1) is 11.3 Å². The third-order valence-electron chi connectivity index (χ3n) is 2.62. The Labute approximate surface area is 112 Å². The van der Waals surface area contributed by atoms with Gasteiger partial charge in [-0.25, -0.2) is 4.98 Å². The van der Waals surface area contributed by atoms with E-state index in [4.69, 9.17) is 4.42 Å². The number of nitrogens with zero attached hydrogens (tertiary/aromatic N) is 1. The molecule has 0 radical (unpaired) electrons. The van der Waals surface area contributed by atoms with Crippen LogP contribution in [-0.4, -0.2) is 17.8 Å². The zero-order valence-corrected chi connectivity index (χ0v) is 11.6. The molecular weight excluding hydrogens is 244 g/mol. The summed E-state index contributed by atoms with van der Waals surface area (Å²) in [4.78, 5) is 5.71. The first-order valence-electron chi connectivity index (χ1n) is 6.13. The summed E-state index contributed by atoms with van der Waals surface area (Å²) in [6.45, 7) is 3.91. The van der Waals surface area contributed by atoms with Gasteiger partial charge in [0.15, 0.2) is 0 Å². The molecule has 0 spiro atoms. The van der Waals surface area contributed by atoms with Gasteiger partial charge >= 0.3 is 0 Å². The van der Waals surface area contributed by atoms with Gasteiger partial charge in [-0.2, -0.15) is 0 Å². The number of benzene rings is 1. The minimum absolute atomic E-state index is 0.702. The number of aromatic nitrogens is 1. The highest BCUT2D eigenvalue weighted by molar-refractivity contribution is 7.98. The largest absolute Gasteiger partial charge is 0.444 e. The molecule has 0 saturated heterocycles. The highest BCUT2D eigenvalue weighted by Gasteiger charge is 2.10. The summed E-state index contributed by atoms with van der Waals surface area (Å²) in [5.74, 6) is 0.702. The average Bonchev–Trinajstić information content (AvgIpc) is 2.88. The average molecular weight is 262 g/mol. The van der Waals surface area contributed by atoms with Crippen molar-refractivity contribution < 1.29 is 4.42 Å². The lowest BCUT2D eigenvalue weighted by atomic mass is 10.2. The van der Waals surface area contributed by atoms with Crippen molar-refractivity contribution in [3.63, 3.8) is 0 Å². The van der Waals surface area contributed by atoms with E-state index < -0.39 is 0 Å². The first kappa shape index (κ1) is 13.2. The van der Waals surface area contributed by atoms with Gasteiger partial charge in [-0.3, -0.25) is 0 Å². The number of thioether (sulfide) groups is 1. The molecular formula is C14H18N2OS. The predicted octanol–water partition coefficient (Wildman–Crippen LogP) is 3.56. The number of rotatable bonds is 6. The molecule has 0 saturated carbocycles. The van der Waals surface area contributed by atoms with E-state index in [0.29, 0.717) is 5.89 Å². The standard InChI is InChI=1S/C14H18N2OS/c1-3-8-15-9-11-10-17-14(16-11)12-6-4-5-7-13(12)18-2/h4-7,10,15H,3,8-9H2,1-2H3. The molecule has 0 bridgehead atoms. The van der Waals surface area contributed by atoms with Gasteiger partial charge in [-0.15, -0.1) is 11.8 Å². The fourth-order valence-electron chi connectivity index (χ4n) is 1.73. The Morgan fingerprint density at radius 1 is 1.33 bits per heavy atom. The van der Waals surface area contributed by atoms with Crippen LogP contribution in [0.4, 0.5) is 0 Å². The van der Waals surface area contributed by atoms with Crippen LogP contribution < -0.4 is 5.32 Å². The maximum absolute atomic E-state index is 5.56. The molecule has 0 unspecified atom stereocenters. The molecule has 2 aromatic rings. The molecule has 2 rings (SSSR count). The zero-order chi connectivity index (χ0) is 12.8. The third kappa shape index (κ3) is 3.15.